The van der Waals surface area contributed by atoms with Crippen molar-refractivity contribution >= 4 is 32.8 Å². The van der Waals surface area contributed by atoms with Crippen molar-refractivity contribution in [3.05, 3.63) is 28.9 Å². The molecule has 0 saturated heterocycles. The van der Waals surface area contributed by atoms with Gasteiger partial charge in [-0.05, 0) is 11.6 Å². The van der Waals surface area contributed by atoms with Crippen LogP contribution < -0.4 is 0 Å². The predicted octanol–water partition coefficient (Wildman–Crippen LogP) is 2.10. The molecule has 1 aromatic heterocycles. The third-order valence-electron chi connectivity index (χ3n) is 2.11. The lowest BCUT2D eigenvalue weighted by atomic mass is 10.3. The summed E-state index contributed by atoms with van der Waals surface area (Å²) in [5, 5.41) is 0.536. The summed E-state index contributed by atoms with van der Waals surface area (Å²) in [6.45, 7) is 1.59. The number of aliphatic imine (C=N–C) groups is 1. The molecular formula is C9H10BrClN4. The van der Waals surface area contributed by atoms with Crippen molar-refractivity contribution in [3.63, 3.8) is 0 Å². The first-order chi connectivity index (χ1) is 7.25. The van der Waals surface area contributed by atoms with Gasteiger partial charge in [0.25, 0.3) is 0 Å². The molecule has 0 saturated carbocycles. The van der Waals surface area contributed by atoms with Crippen molar-refractivity contribution in [2.75, 3.05) is 13.1 Å². The van der Waals surface area contributed by atoms with Gasteiger partial charge in [-0.25, -0.2) is 9.98 Å². The smallest absolute Gasteiger partial charge is 0.198 e. The number of halogens is 2. The summed E-state index contributed by atoms with van der Waals surface area (Å²) < 4.78 is 1.04. The Labute approximate surface area is 101 Å². The highest BCUT2D eigenvalue weighted by molar-refractivity contribution is 9.11. The van der Waals surface area contributed by atoms with Crippen LogP contribution in [-0.4, -0.2) is 33.3 Å². The van der Waals surface area contributed by atoms with Crippen LogP contribution in [0.3, 0.4) is 0 Å². The second kappa shape index (κ2) is 4.81. The van der Waals surface area contributed by atoms with E-state index in [4.69, 9.17) is 11.6 Å². The van der Waals surface area contributed by atoms with Gasteiger partial charge in [0.1, 0.15) is 0 Å². The van der Waals surface area contributed by atoms with Gasteiger partial charge in [-0.3, -0.25) is 0 Å². The van der Waals surface area contributed by atoms with E-state index in [1.807, 2.05) is 11.1 Å². The van der Waals surface area contributed by atoms with E-state index in [1.165, 1.54) is 0 Å². The predicted molar refractivity (Wildman–Crippen MR) is 64.2 cm³/mol. The molecule has 0 atom stereocenters. The third-order valence-corrected chi connectivity index (χ3v) is 2.90. The number of nitrogens with one attached hydrogen (secondary N) is 1. The molecule has 0 aliphatic carbocycles. The fraction of sp³-hybridized carbons (Fsp3) is 0.333. The zero-order valence-electron chi connectivity index (χ0n) is 7.95. The van der Waals surface area contributed by atoms with Crippen LogP contribution in [0.1, 0.15) is 5.69 Å². The molecule has 80 valence electrons. The van der Waals surface area contributed by atoms with E-state index in [0.29, 0.717) is 5.29 Å². The molecule has 0 bridgehead atoms. The Kier molecular flexibility index (Phi) is 3.43. The lowest BCUT2D eigenvalue weighted by molar-refractivity contribution is 0.464. The summed E-state index contributed by atoms with van der Waals surface area (Å²) in [5.41, 5.74) is 1.03. The fourth-order valence-electron chi connectivity index (χ4n) is 1.34. The molecule has 6 heteroatoms. The van der Waals surface area contributed by atoms with Gasteiger partial charge in [0.15, 0.2) is 5.29 Å². The summed E-state index contributed by atoms with van der Waals surface area (Å²) in [4.78, 5) is 13.1. The molecule has 1 aliphatic heterocycles. The van der Waals surface area contributed by atoms with E-state index < -0.39 is 0 Å². The first kappa shape index (κ1) is 10.7. The standard InChI is InChI=1S/C9H10BrClN4/c10-7-3-13-9(11)15(5-7)2-1-8-4-12-6-14-8/h3-4,6H,1-2,5H2,(H,12,14). The van der Waals surface area contributed by atoms with Gasteiger partial charge in [-0.1, -0.05) is 15.9 Å². The minimum atomic E-state index is 0.536. The van der Waals surface area contributed by atoms with Crippen LogP contribution >= 0.6 is 27.5 Å². The van der Waals surface area contributed by atoms with Crippen LogP contribution in [0.15, 0.2) is 28.2 Å². The summed E-state index contributed by atoms with van der Waals surface area (Å²) in [7, 11) is 0. The second-order valence-corrected chi connectivity index (χ2v) is 4.56. The highest BCUT2D eigenvalue weighted by Crippen LogP contribution is 2.15. The van der Waals surface area contributed by atoms with Gasteiger partial charge < -0.3 is 9.88 Å². The van der Waals surface area contributed by atoms with Gasteiger partial charge in [0, 0.05) is 29.8 Å². The maximum Gasteiger partial charge on any atom is 0.198 e. The fourth-order valence-corrected chi connectivity index (χ4v) is 1.94. The van der Waals surface area contributed by atoms with Crippen molar-refractivity contribution in [1.82, 2.24) is 14.9 Å². The van der Waals surface area contributed by atoms with Gasteiger partial charge in [-0.15, -0.1) is 0 Å². The van der Waals surface area contributed by atoms with Crippen LogP contribution in [-0.2, 0) is 6.42 Å². The minimum absolute atomic E-state index is 0.536. The second-order valence-electron chi connectivity index (χ2n) is 3.21. The lowest BCUT2D eigenvalue weighted by Crippen LogP contribution is -2.32. The molecule has 1 N–H and O–H groups in total. The normalized spacial score (nSPS) is 16.3. The van der Waals surface area contributed by atoms with Gasteiger partial charge in [-0.2, -0.15) is 0 Å². The monoisotopic (exact) mass is 288 g/mol. The minimum Gasteiger partial charge on any atom is -0.351 e. The Morgan fingerprint density at radius 3 is 3.20 bits per heavy atom. The molecule has 0 radical (unpaired) electrons. The van der Waals surface area contributed by atoms with Crippen LogP contribution in [0.2, 0.25) is 0 Å². The lowest BCUT2D eigenvalue weighted by Gasteiger charge is -2.24. The van der Waals surface area contributed by atoms with E-state index in [2.05, 4.69) is 30.9 Å². The van der Waals surface area contributed by atoms with Crippen molar-refractivity contribution in [2.45, 2.75) is 6.42 Å². The van der Waals surface area contributed by atoms with E-state index in [-0.39, 0.29) is 0 Å². The molecule has 1 aromatic rings. The van der Waals surface area contributed by atoms with Crippen molar-refractivity contribution in [1.29, 1.82) is 0 Å². The third kappa shape index (κ3) is 2.82. The number of hydrogen-bond acceptors (Lipinski definition) is 3. The van der Waals surface area contributed by atoms with Crippen LogP contribution in [0.5, 0.6) is 0 Å². The molecule has 2 rings (SSSR count). The number of aromatic amines is 1. The number of nitrogens with zero attached hydrogens (tertiary/aromatic N) is 3. The van der Waals surface area contributed by atoms with E-state index in [1.54, 1.807) is 12.5 Å². The summed E-state index contributed by atoms with van der Waals surface area (Å²) in [5.74, 6) is 0. The number of aromatic nitrogens is 2. The summed E-state index contributed by atoms with van der Waals surface area (Å²) in [6, 6.07) is 0. The molecule has 2 heterocycles. The Morgan fingerprint density at radius 2 is 2.47 bits per heavy atom. The Bertz CT molecular complexity index is 385. The largest absolute Gasteiger partial charge is 0.351 e. The van der Waals surface area contributed by atoms with Gasteiger partial charge in [0.05, 0.1) is 18.6 Å². The highest BCUT2D eigenvalue weighted by atomic mass is 79.9. The Hall–Kier alpha value is -0.810. The zero-order chi connectivity index (χ0) is 10.7. The highest BCUT2D eigenvalue weighted by Gasteiger charge is 2.13. The SMILES string of the molecule is ClC1=NC=C(Br)CN1CCc1c[nH]cn1. The molecule has 0 fully saturated rings. The Morgan fingerprint density at radius 1 is 1.60 bits per heavy atom. The van der Waals surface area contributed by atoms with Crippen LogP contribution in [0, 0.1) is 0 Å². The number of rotatable bonds is 3. The summed E-state index contributed by atoms with van der Waals surface area (Å²) in [6.07, 6.45) is 6.15. The maximum atomic E-state index is 5.97. The molecule has 0 spiro atoms. The molecule has 0 amide bonds. The molecule has 15 heavy (non-hydrogen) atoms. The van der Waals surface area contributed by atoms with Crippen molar-refractivity contribution < 1.29 is 0 Å². The molecule has 0 unspecified atom stereocenters. The van der Waals surface area contributed by atoms with Gasteiger partial charge in [0.2, 0.25) is 0 Å². The number of amidine groups is 1. The zero-order valence-corrected chi connectivity index (χ0v) is 10.3. The molecule has 1 aliphatic rings. The van der Waals surface area contributed by atoms with Gasteiger partial charge >= 0.3 is 0 Å². The quantitative estimate of drug-likeness (QED) is 0.866. The number of hydrogen-bond donors (Lipinski definition) is 1. The van der Waals surface area contributed by atoms with Crippen LogP contribution in [0.4, 0.5) is 0 Å². The topological polar surface area (TPSA) is 44.3 Å². The Balaban J connectivity index is 1.91. The first-order valence-electron chi connectivity index (χ1n) is 4.56. The molecule has 4 nitrogen and oxygen atoms in total. The van der Waals surface area contributed by atoms with E-state index in [9.17, 15) is 0 Å². The number of imidazole rings is 1. The average molecular weight is 290 g/mol. The van der Waals surface area contributed by atoms with Crippen molar-refractivity contribution in [2.24, 2.45) is 4.99 Å². The van der Waals surface area contributed by atoms with E-state index in [0.717, 1.165) is 29.7 Å². The first-order valence-corrected chi connectivity index (χ1v) is 5.73. The molecule has 0 aromatic carbocycles. The van der Waals surface area contributed by atoms with E-state index >= 15 is 0 Å². The molecular weight excluding hydrogens is 279 g/mol. The average Bonchev–Trinajstić information content (AvgIpc) is 2.72. The van der Waals surface area contributed by atoms with Crippen molar-refractivity contribution in [3.8, 4) is 0 Å². The maximum absolute atomic E-state index is 5.97. The number of H-pyrrole nitrogens is 1. The summed E-state index contributed by atoms with van der Waals surface area (Å²) >= 11 is 9.38. The van der Waals surface area contributed by atoms with Crippen LogP contribution in [0.25, 0.3) is 0 Å².